The van der Waals surface area contributed by atoms with Gasteiger partial charge in [-0.3, -0.25) is 9.48 Å². The lowest BCUT2D eigenvalue weighted by Gasteiger charge is -2.08. The summed E-state index contributed by atoms with van der Waals surface area (Å²) in [6, 6.07) is 5.48. The number of nitrogens with two attached hydrogens (primary N) is 1. The lowest BCUT2D eigenvalue weighted by molar-refractivity contribution is 0.102. The highest BCUT2D eigenvalue weighted by molar-refractivity contribution is 6.06. The van der Waals surface area contributed by atoms with Gasteiger partial charge in [-0.2, -0.15) is 5.10 Å². The van der Waals surface area contributed by atoms with Crippen molar-refractivity contribution < 1.29 is 4.79 Å². The van der Waals surface area contributed by atoms with Gasteiger partial charge < -0.3 is 11.1 Å². The lowest BCUT2D eigenvalue weighted by Crippen LogP contribution is -2.14. The largest absolute Gasteiger partial charge is 0.398 e. The summed E-state index contributed by atoms with van der Waals surface area (Å²) in [5, 5.41) is 7.09. The number of nitrogens with one attached hydrogen (secondary N) is 1. The van der Waals surface area contributed by atoms with Crippen molar-refractivity contribution in [2.75, 3.05) is 11.1 Å². The Morgan fingerprint density at radius 1 is 1.32 bits per heavy atom. The maximum absolute atomic E-state index is 12.3. The number of amides is 1. The molecular weight excluding hydrogens is 240 g/mol. The molecule has 1 aromatic carbocycles. The van der Waals surface area contributed by atoms with Gasteiger partial charge in [0.2, 0.25) is 0 Å². The minimum absolute atomic E-state index is 0.161. The van der Waals surface area contributed by atoms with E-state index in [-0.39, 0.29) is 5.91 Å². The smallest absolute Gasteiger partial charge is 0.259 e. The maximum atomic E-state index is 12.3. The molecule has 1 heterocycles. The first-order valence-electron chi connectivity index (χ1n) is 6.08. The number of benzene rings is 1. The summed E-state index contributed by atoms with van der Waals surface area (Å²) >= 11 is 0. The number of rotatable bonds is 2. The van der Waals surface area contributed by atoms with E-state index in [9.17, 15) is 4.79 Å². The van der Waals surface area contributed by atoms with Crippen LogP contribution in [0, 0.1) is 20.8 Å². The van der Waals surface area contributed by atoms with Crippen LogP contribution < -0.4 is 11.1 Å². The van der Waals surface area contributed by atoms with Crippen LogP contribution >= 0.6 is 0 Å². The molecule has 0 fully saturated rings. The molecule has 0 bridgehead atoms. The predicted octanol–water partition coefficient (Wildman–Crippen LogP) is 2.18. The molecule has 0 aliphatic rings. The SMILES string of the molecule is Cc1ccc(NC(=O)c2c(C)nn(C)c2C)cc1N. The van der Waals surface area contributed by atoms with E-state index in [1.807, 2.05) is 40.0 Å². The molecule has 0 aliphatic carbocycles. The van der Waals surface area contributed by atoms with E-state index >= 15 is 0 Å². The zero-order valence-corrected chi connectivity index (χ0v) is 11.6. The number of anilines is 2. The highest BCUT2D eigenvalue weighted by Crippen LogP contribution is 2.19. The topological polar surface area (TPSA) is 72.9 Å². The van der Waals surface area contributed by atoms with Gasteiger partial charge in [-0.25, -0.2) is 0 Å². The van der Waals surface area contributed by atoms with Crippen molar-refractivity contribution in [2.45, 2.75) is 20.8 Å². The molecule has 0 spiro atoms. The van der Waals surface area contributed by atoms with E-state index in [4.69, 9.17) is 5.73 Å². The monoisotopic (exact) mass is 258 g/mol. The van der Waals surface area contributed by atoms with E-state index < -0.39 is 0 Å². The summed E-state index contributed by atoms with van der Waals surface area (Å²) in [7, 11) is 1.82. The van der Waals surface area contributed by atoms with Crippen molar-refractivity contribution in [3.05, 3.63) is 40.7 Å². The van der Waals surface area contributed by atoms with Gasteiger partial charge in [-0.1, -0.05) is 6.07 Å². The van der Waals surface area contributed by atoms with E-state index in [1.165, 1.54) is 0 Å². The van der Waals surface area contributed by atoms with Crippen molar-refractivity contribution in [1.82, 2.24) is 9.78 Å². The number of aromatic nitrogens is 2. The Bertz CT molecular complexity index is 643. The van der Waals surface area contributed by atoms with Crippen LogP contribution in [0.3, 0.4) is 0 Å². The standard InChI is InChI=1S/C14H18N4O/c1-8-5-6-11(7-12(8)15)16-14(19)13-9(2)17-18(4)10(13)3/h5-7H,15H2,1-4H3,(H,16,19). The van der Waals surface area contributed by atoms with Crippen LogP contribution in [-0.2, 0) is 7.05 Å². The van der Waals surface area contributed by atoms with Gasteiger partial charge in [0.25, 0.3) is 5.91 Å². The molecule has 3 N–H and O–H groups in total. The van der Waals surface area contributed by atoms with Crippen LogP contribution in [0.5, 0.6) is 0 Å². The van der Waals surface area contributed by atoms with Gasteiger partial charge >= 0.3 is 0 Å². The Balaban J connectivity index is 2.28. The van der Waals surface area contributed by atoms with Crippen LogP contribution in [0.25, 0.3) is 0 Å². The van der Waals surface area contributed by atoms with Crippen LogP contribution in [-0.4, -0.2) is 15.7 Å². The van der Waals surface area contributed by atoms with Crippen molar-refractivity contribution >= 4 is 17.3 Å². The molecule has 19 heavy (non-hydrogen) atoms. The molecule has 0 saturated carbocycles. The molecule has 1 aromatic heterocycles. The van der Waals surface area contributed by atoms with E-state index in [1.54, 1.807) is 10.7 Å². The van der Waals surface area contributed by atoms with Crippen LogP contribution in [0.4, 0.5) is 11.4 Å². The zero-order chi connectivity index (χ0) is 14.2. The first kappa shape index (κ1) is 13.1. The summed E-state index contributed by atoms with van der Waals surface area (Å²) in [5.74, 6) is -0.161. The van der Waals surface area contributed by atoms with E-state index in [0.29, 0.717) is 16.9 Å². The van der Waals surface area contributed by atoms with E-state index in [2.05, 4.69) is 10.4 Å². The average molecular weight is 258 g/mol. The summed E-state index contributed by atoms with van der Waals surface area (Å²) in [6.45, 7) is 5.63. The molecule has 5 heteroatoms. The minimum atomic E-state index is -0.161. The van der Waals surface area contributed by atoms with Gasteiger partial charge in [-0.15, -0.1) is 0 Å². The molecule has 5 nitrogen and oxygen atoms in total. The first-order chi connectivity index (χ1) is 8.90. The van der Waals surface area contributed by atoms with Gasteiger partial charge in [0.05, 0.1) is 11.3 Å². The molecule has 0 saturated heterocycles. The number of carbonyl (C=O) groups excluding carboxylic acids is 1. The second kappa shape index (κ2) is 4.76. The fraction of sp³-hybridized carbons (Fsp3) is 0.286. The fourth-order valence-electron chi connectivity index (χ4n) is 2.01. The third-order valence-electron chi connectivity index (χ3n) is 3.27. The number of carbonyl (C=O) groups is 1. The first-order valence-corrected chi connectivity index (χ1v) is 6.08. The molecule has 0 radical (unpaired) electrons. The Labute approximate surface area is 112 Å². The van der Waals surface area contributed by atoms with Crippen molar-refractivity contribution in [1.29, 1.82) is 0 Å². The number of hydrogen-bond acceptors (Lipinski definition) is 3. The lowest BCUT2D eigenvalue weighted by atomic mass is 10.1. The summed E-state index contributed by atoms with van der Waals surface area (Å²) < 4.78 is 1.70. The van der Waals surface area contributed by atoms with Gasteiger partial charge in [0.1, 0.15) is 0 Å². The fourth-order valence-corrected chi connectivity index (χ4v) is 2.01. The summed E-state index contributed by atoms with van der Waals surface area (Å²) in [5.41, 5.74) is 10.4. The van der Waals surface area contributed by atoms with Crippen LogP contribution in [0.1, 0.15) is 27.3 Å². The van der Waals surface area contributed by atoms with Gasteiger partial charge in [0.15, 0.2) is 0 Å². The average Bonchev–Trinajstić information content (AvgIpc) is 2.58. The number of hydrogen-bond donors (Lipinski definition) is 2. The Morgan fingerprint density at radius 3 is 2.53 bits per heavy atom. The molecule has 0 aliphatic heterocycles. The second-order valence-corrected chi connectivity index (χ2v) is 4.69. The quantitative estimate of drug-likeness (QED) is 0.811. The third kappa shape index (κ3) is 2.45. The Morgan fingerprint density at radius 2 is 2.00 bits per heavy atom. The molecular formula is C14H18N4O. The van der Waals surface area contributed by atoms with Crippen LogP contribution in [0.2, 0.25) is 0 Å². The Hall–Kier alpha value is -2.30. The molecule has 2 rings (SSSR count). The second-order valence-electron chi connectivity index (χ2n) is 4.69. The summed E-state index contributed by atoms with van der Waals surface area (Å²) in [6.07, 6.45) is 0. The maximum Gasteiger partial charge on any atom is 0.259 e. The highest BCUT2D eigenvalue weighted by Gasteiger charge is 2.17. The van der Waals surface area contributed by atoms with Crippen LogP contribution in [0.15, 0.2) is 18.2 Å². The normalized spacial score (nSPS) is 10.5. The molecule has 1 amide bonds. The number of nitrogen functional groups attached to an aromatic ring is 1. The zero-order valence-electron chi connectivity index (χ0n) is 11.6. The Kier molecular flexibility index (Phi) is 3.29. The number of nitrogens with zero attached hydrogens (tertiary/aromatic N) is 2. The minimum Gasteiger partial charge on any atom is -0.398 e. The highest BCUT2D eigenvalue weighted by atomic mass is 16.1. The molecule has 2 aromatic rings. The summed E-state index contributed by atoms with van der Waals surface area (Å²) in [4.78, 5) is 12.3. The van der Waals surface area contributed by atoms with Gasteiger partial charge in [-0.05, 0) is 38.5 Å². The van der Waals surface area contributed by atoms with E-state index in [0.717, 1.165) is 17.0 Å². The molecule has 100 valence electrons. The number of aryl methyl sites for hydroxylation is 3. The third-order valence-corrected chi connectivity index (χ3v) is 3.27. The van der Waals surface area contributed by atoms with Crippen molar-refractivity contribution in [3.8, 4) is 0 Å². The molecule has 0 atom stereocenters. The van der Waals surface area contributed by atoms with Gasteiger partial charge in [0, 0.05) is 24.1 Å². The van der Waals surface area contributed by atoms with Crippen molar-refractivity contribution in [3.63, 3.8) is 0 Å². The predicted molar refractivity (Wildman–Crippen MR) is 76.2 cm³/mol. The molecule has 0 unspecified atom stereocenters. The van der Waals surface area contributed by atoms with Crippen molar-refractivity contribution in [2.24, 2.45) is 7.05 Å².